The molecule has 3 N–H and O–H groups in total. The quantitative estimate of drug-likeness (QED) is 0.598. The lowest BCUT2D eigenvalue weighted by molar-refractivity contribution is -0.115. The summed E-state index contributed by atoms with van der Waals surface area (Å²) in [4.78, 5) is 17.1. The van der Waals surface area contributed by atoms with E-state index < -0.39 is 10.0 Å². The zero-order chi connectivity index (χ0) is 20.5. The average molecular weight is 419 g/mol. The maximum atomic E-state index is 12.6. The summed E-state index contributed by atoms with van der Waals surface area (Å²) in [6.45, 7) is 6.38. The van der Waals surface area contributed by atoms with E-state index in [2.05, 4.69) is 10.3 Å². The third kappa shape index (κ3) is 4.37. The Labute approximate surface area is 168 Å². The van der Waals surface area contributed by atoms with Crippen molar-refractivity contribution < 1.29 is 13.2 Å². The molecule has 1 heterocycles. The van der Waals surface area contributed by atoms with Gasteiger partial charge in [0.25, 0.3) is 0 Å². The van der Waals surface area contributed by atoms with Crippen LogP contribution in [0.5, 0.6) is 0 Å². The molecule has 3 rings (SSSR count). The minimum atomic E-state index is -3.80. The number of primary sulfonamides is 1. The van der Waals surface area contributed by atoms with Crippen molar-refractivity contribution in [2.75, 3.05) is 5.32 Å². The van der Waals surface area contributed by atoms with E-state index in [4.69, 9.17) is 5.14 Å². The number of nitrogens with two attached hydrogens (primary N) is 1. The minimum absolute atomic E-state index is 0.0162. The molecule has 0 radical (unpaired) electrons. The lowest BCUT2D eigenvalue weighted by Crippen LogP contribution is -2.22. The maximum absolute atomic E-state index is 12.6. The Bertz CT molecular complexity index is 1140. The van der Waals surface area contributed by atoms with Crippen LogP contribution in [0.3, 0.4) is 0 Å². The number of carbonyl (C=O) groups excluding carboxylic acids is 1. The predicted molar refractivity (Wildman–Crippen MR) is 112 cm³/mol. The number of aryl methyl sites for hydroxylation is 2. The van der Waals surface area contributed by atoms with E-state index in [1.807, 2.05) is 49.6 Å². The van der Waals surface area contributed by atoms with Gasteiger partial charge in [-0.15, -0.1) is 0 Å². The van der Waals surface area contributed by atoms with Gasteiger partial charge in [-0.05, 0) is 56.7 Å². The second-order valence-corrected chi connectivity index (χ2v) is 9.32. The molecule has 2 aromatic carbocycles. The standard InChI is InChI=1S/C19H22N4O3S2/c1-4-23-17-9-8-15(28(20,25)26)11-16(17)22-19(23)27-13(3)18(24)21-14-7-5-6-12(2)10-14/h5-11,13H,4H2,1-3H3,(H,21,24)(H2,20,25,26)/t13-/m0/s1. The maximum Gasteiger partial charge on any atom is 0.238 e. The van der Waals surface area contributed by atoms with Gasteiger partial charge in [0.15, 0.2) is 5.16 Å². The van der Waals surface area contributed by atoms with E-state index in [0.29, 0.717) is 17.2 Å². The average Bonchev–Trinajstić information content (AvgIpc) is 2.97. The van der Waals surface area contributed by atoms with Gasteiger partial charge in [0.2, 0.25) is 15.9 Å². The van der Waals surface area contributed by atoms with Crippen molar-refractivity contribution >= 4 is 44.4 Å². The van der Waals surface area contributed by atoms with Gasteiger partial charge in [0, 0.05) is 12.2 Å². The highest BCUT2D eigenvalue weighted by atomic mass is 32.2. The SMILES string of the molecule is CCn1c(S[C@@H](C)C(=O)Nc2cccc(C)c2)nc2cc(S(N)(=O)=O)ccc21. The van der Waals surface area contributed by atoms with Crippen LogP contribution in [0.1, 0.15) is 19.4 Å². The van der Waals surface area contributed by atoms with E-state index >= 15 is 0 Å². The Hall–Kier alpha value is -2.36. The summed E-state index contributed by atoms with van der Waals surface area (Å²) in [5, 5.41) is 8.38. The van der Waals surface area contributed by atoms with Gasteiger partial charge >= 0.3 is 0 Å². The molecule has 0 saturated heterocycles. The van der Waals surface area contributed by atoms with Gasteiger partial charge in [-0.2, -0.15) is 0 Å². The van der Waals surface area contributed by atoms with Crippen molar-refractivity contribution in [2.24, 2.45) is 5.14 Å². The zero-order valence-electron chi connectivity index (χ0n) is 15.8. The van der Waals surface area contributed by atoms with Crippen LogP contribution in [0, 0.1) is 6.92 Å². The molecule has 0 fully saturated rings. The largest absolute Gasteiger partial charge is 0.325 e. The summed E-state index contributed by atoms with van der Waals surface area (Å²) in [7, 11) is -3.80. The summed E-state index contributed by atoms with van der Waals surface area (Å²) in [5.74, 6) is -0.129. The van der Waals surface area contributed by atoms with Crippen molar-refractivity contribution in [1.82, 2.24) is 9.55 Å². The van der Waals surface area contributed by atoms with Crippen LogP contribution in [0.15, 0.2) is 52.5 Å². The Morgan fingerprint density at radius 1 is 1.29 bits per heavy atom. The number of nitrogens with zero attached hydrogens (tertiary/aromatic N) is 2. The van der Waals surface area contributed by atoms with Crippen LogP contribution in [0.4, 0.5) is 5.69 Å². The normalized spacial score (nSPS) is 12.9. The molecule has 148 valence electrons. The van der Waals surface area contributed by atoms with Gasteiger partial charge < -0.3 is 9.88 Å². The predicted octanol–water partition coefficient (Wildman–Crippen LogP) is 3.13. The zero-order valence-corrected chi connectivity index (χ0v) is 17.5. The summed E-state index contributed by atoms with van der Waals surface area (Å²) < 4.78 is 25.1. The number of hydrogen-bond donors (Lipinski definition) is 2. The second-order valence-electron chi connectivity index (χ2n) is 6.45. The number of benzene rings is 2. The number of amides is 1. The molecule has 1 aromatic heterocycles. The molecule has 0 unspecified atom stereocenters. The number of aromatic nitrogens is 2. The number of rotatable bonds is 6. The molecule has 7 nitrogen and oxygen atoms in total. The monoisotopic (exact) mass is 418 g/mol. The van der Waals surface area contributed by atoms with Crippen molar-refractivity contribution in [3.63, 3.8) is 0 Å². The number of thioether (sulfide) groups is 1. The number of anilines is 1. The van der Waals surface area contributed by atoms with E-state index in [0.717, 1.165) is 16.8 Å². The Morgan fingerprint density at radius 3 is 2.68 bits per heavy atom. The van der Waals surface area contributed by atoms with Gasteiger partial charge in [0.05, 0.1) is 21.2 Å². The third-order valence-corrected chi connectivity index (χ3v) is 6.27. The lowest BCUT2D eigenvalue weighted by Gasteiger charge is -2.13. The van der Waals surface area contributed by atoms with Crippen LogP contribution >= 0.6 is 11.8 Å². The summed E-state index contributed by atoms with van der Waals surface area (Å²) in [6.07, 6.45) is 0. The minimum Gasteiger partial charge on any atom is -0.325 e. The highest BCUT2D eigenvalue weighted by Gasteiger charge is 2.20. The van der Waals surface area contributed by atoms with Gasteiger partial charge in [0.1, 0.15) is 0 Å². The number of carbonyl (C=O) groups is 1. The van der Waals surface area contributed by atoms with Gasteiger partial charge in [-0.1, -0.05) is 23.9 Å². The molecule has 0 bridgehead atoms. The van der Waals surface area contributed by atoms with Crippen LogP contribution in [-0.4, -0.2) is 29.1 Å². The molecule has 3 aromatic rings. The van der Waals surface area contributed by atoms with E-state index in [1.165, 1.54) is 23.9 Å². The molecule has 28 heavy (non-hydrogen) atoms. The number of hydrogen-bond acceptors (Lipinski definition) is 5. The lowest BCUT2D eigenvalue weighted by atomic mass is 10.2. The molecular formula is C19H22N4O3S2. The van der Waals surface area contributed by atoms with Crippen LogP contribution < -0.4 is 10.5 Å². The van der Waals surface area contributed by atoms with E-state index in [1.54, 1.807) is 6.07 Å². The number of nitrogens with one attached hydrogen (secondary N) is 1. The van der Waals surface area contributed by atoms with E-state index in [-0.39, 0.29) is 16.1 Å². The van der Waals surface area contributed by atoms with Crippen molar-refractivity contribution in [2.45, 2.75) is 42.6 Å². The topological polar surface area (TPSA) is 107 Å². The molecule has 1 amide bonds. The molecule has 0 spiro atoms. The van der Waals surface area contributed by atoms with Crippen LogP contribution in [0.2, 0.25) is 0 Å². The second kappa shape index (κ2) is 7.94. The number of imidazole rings is 1. The Kier molecular flexibility index (Phi) is 5.78. The highest BCUT2D eigenvalue weighted by Crippen LogP contribution is 2.29. The first-order valence-corrected chi connectivity index (χ1v) is 11.2. The molecule has 0 saturated carbocycles. The Morgan fingerprint density at radius 2 is 2.04 bits per heavy atom. The number of fused-ring (bicyclic) bond motifs is 1. The molecule has 9 heteroatoms. The molecule has 1 atom stereocenters. The molecule has 0 aliphatic heterocycles. The first-order valence-electron chi connectivity index (χ1n) is 8.76. The van der Waals surface area contributed by atoms with Crippen molar-refractivity contribution in [1.29, 1.82) is 0 Å². The summed E-state index contributed by atoms with van der Waals surface area (Å²) >= 11 is 1.32. The van der Waals surface area contributed by atoms with Crippen molar-refractivity contribution in [3.8, 4) is 0 Å². The molecule has 0 aliphatic rings. The fraction of sp³-hybridized carbons (Fsp3) is 0.263. The van der Waals surface area contributed by atoms with Crippen molar-refractivity contribution in [3.05, 3.63) is 48.0 Å². The van der Waals surface area contributed by atoms with Crippen LogP contribution in [-0.2, 0) is 21.4 Å². The number of sulfonamides is 1. The van der Waals surface area contributed by atoms with Crippen LogP contribution in [0.25, 0.3) is 11.0 Å². The fourth-order valence-electron chi connectivity index (χ4n) is 2.84. The first kappa shape index (κ1) is 20.4. The van der Waals surface area contributed by atoms with E-state index in [9.17, 15) is 13.2 Å². The highest BCUT2D eigenvalue weighted by molar-refractivity contribution is 8.00. The molecule has 0 aliphatic carbocycles. The summed E-state index contributed by atoms with van der Waals surface area (Å²) in [6, 6.07) is 12.2. The summed E-state index contributed by atoms with van der Waals surface area (Å²) in [5.41, 5.74) is 3.14. The Balaban J connectivity index is 1.85. The van der Waals surface area contributed by atoms with Gasteiger partial charge in [-0.3, -0.25) is 4.79 Å². The smallest absolute Gasteiger partial charge is 0.238 e. The third-order valence-electron chi connectivity index (χ3n) is 4.27. The first-order chi connectivity index (χ1) is 13.2. The molecular weight excluding hydrogens is 396 g/mol. The van der Waals surface area contributed by atoms with Gasteiger partial charge in [-0.25, -0.2) is 18.5 Å². The fourth-order valence-corrected chi connectivity index (χ4v) is 4.36.